The van der Waals surface area contributed by atoms with Gasteiger partial charge in [-0.25, -0.2) is 17.6 Å². The van der Waals surface area contributed by atoms with Crippen LogP contribution in [0.25, 0.3) is 0 Å². The van der Waals surface area contributed by atoms with Gasteiger partial charge in [-0.2, -0.15) is 0 Å². The number of halogens is 2. The van der Waals surface area contributed by atoms with Crippen LogP contribution in [0.2, 0.25) is 5.02 Å². The van der Waals surface area contributed by atoms with E-state index in [1.54, 1.807) is 9.80 Å². The van der Waals surface area contributed by atoms with Gasteiger partial charge < -0.3 is 15.1 Å². The lowest BCUT2D eigenvalue weighted by atomic mass is 10.0. The molecule has 10 heteroatoms. The van der Waals surface area contributed by atoms with Crippen LogP contribution in [0.1, 0.15) is 25.7 Å². The van der Waals surface area contributed by atoms with Crippen LogP contribution >= 0.6 is 11.6 Å². The number of carbonyl (C=O) groups is 2. The third-order valence-corrected chi connectivity index (χ3v) is 9.15. The number of anilines is 1. The summed E-state index contributed by atoms with van der Waals surface area (Å²) in [5, 5.41) is 3.13. The molecular weight excluding hydrogens is 469 g/mol. The minimum atomic E-state index is -3.91. The largest absolute Gasteiger partial charge is 0.338 e. The van der Waals surface area contributed by atoms with Gasteiger partial charge in [0, 0.05) is 36.9 Å². The summed E-state index contributed by atoms with van der Waals surface area (Å²) < 4.78 is 38.7. The summed E-state index contributed by atoms with van der Waals surface area (Å²) in [6.07, 6.45) is 1.89. The van der Waals surface area contributed by atoms with Gasteiger partial charge in [-0.05, 0) is 61.4 Å². The molecule has 3 amide bonds. The van der Waals surface area contributed by atoms with Crippen LogP contribution in [-0.4, -0.2) is 61.1 Å². The molecule has 1 saturated carbocycles. The summed E-state index contributed by atoms with van der Waals surface area (Å²) in [7, 11) is -3.91. The molecule has 2 aromatic carbocycles. The van der Waals surface area contributed by atoms with Crippen molar-refractivity contribution in [2.45, 2.75) is 35.3 Å². The van der Waals surface area contributed by atoms with Crippen LogP contribution in [0.4, 0.5) is 14.9 Å². The minimum Gasteiger partial charge on any atom is -0.338 e. The molecule has 0 spiro atoms. The fraction of sp³-hybridized carbons (Fsp3) is 0.391. The lowest BCUT2D eigenvalue weighted by molar-refractivity contribution is -0.135. The highest BCUT2D eigenvalue weighted by Gasteiger charge is 2.54. The third-order valence-electron chi connectivity index (χ3n) is 6.39. The van der Waals surface area contributed by atoms with E-state index in [-0.39, 0.29) is 49.9 Å². The molecule has 0 radical (unpaired) electrons. The first-order chi connectivity index (χ1) is 15.7. The van der Waals surface area contributed by atoms with Gasteiger partial charge in [-0.1, -0.05) is 24.4 Å². The smallest absolute Gasteiger partial charge is 0.321 e. The van der Waals surface area contributed by atoms with E-state index < -0.39 is 26.3 Å². The lowest BCUT2D eigenvalue weighted by Crippen LogP contribution is -2.58. The number of hydrogen-bond donors (Lipinski definition) is 1. The number of nitrogens with one attached hydrogen (secondary N) is 1. The van der Waals surface area contributed by atoms with Crippen molar-refractivity contribution in [3.05, 3.63) is 59.4 Å². The predicted octanol–water partition coefficient (Wildman–Crippen LogP) is 3.94. The average molecular weight is 494 g/mol. The Bertz CT molecular complexity index is 1130. The topological polar surface area (TPSA) is 86.8 Å². The van der Waals surface area contributed by atoms with Crippen molar-refractivity contribution in [3.63, 3.8) is 0 Å². The first-order valence-corrected chi connectivity index (χ1v) is 12.7. The van der Waals surface area contributed by atoms with Gasteiger partial charge in [-0.3, -0.25) is 4.79 Å². The maximum atomic E-state index is 13.6. The molecule has 0 unspecified atom stereocenters. The van der Waals surface area contributed by atoms with E-state index in [1.807, 2.05) is 0 Å². The quantitative estimate of drug-likeness (QED) is 0.698. The fourth-order valence-electron chi connectivity index (χ4n) is 4.52. The zero-order chi connectivity index (χ0) is 23.6. The van der Waals surface area contributed by atoms with Crippen molar-refractivity contribution in [2.24, 2.45) is 0 Å². The highest BCUT2D eigenvalue weighted by molar-refractivity contribution is 7.93. The number of benzene rings is 2. The zero-order valence-electron chi connectivity index (χ0n) is 18.0. The Morgan fingerprint density at radius 2 is 1.42 bits per heavy atom. The second kappa shape index (κ2) is 9.30. The van der Waals surface area contributed by atoms with Crippen molar-refractivity contribution >= 4 is 39.1 Å². The molecule has 1 aliphatic heterocycles. The molecule has 2 aromatic rings. The highest BCUT2D eigenvalue weighted by atomic mass is 35.5. The second-order valence-electron chi connectivity index (χ2n) is 8.38. The number of hydrogen-bond acceptors (Lipinski definition) is 4. The number of urea groups is 1. The van der Waals surface area contributed by atoms with Crippen molar-refractivity contribution < 1.29 is 22.4 Å². The molecule has 0 atom stereocenters. The molecule has 1 N–H and O–H groups in total. The van der Waals surface area contributed by atoms with Crippen LogP contribution in [0.5, 0.6) is 0 Å². The van der Waals surface area contributed by atoms with Crippen molar-refractivity contribution in [2.75, 3.05) is 31.5 Å². The van der Waals surface area contributed by atoms with Crippen LogP contribution in [0.15, 0.2) is 53.4 Å². The van der Waals surface area contributed by atoms with E-state index in [0.717, 1.165) is 0 Å². The Hall–Kier alpha value is -2.65. The van der Waals surface area contributed by atoms with Crippen molar-refractivity contribution in [3.8, 4) is 0 Å². The summed E-state index contributed by atoms with van der Waals surface area (Å²) in [6, 6.07) is 11.0. The second-order valence-corrected chi connectivity index (χ2v) is 11.1. The molecule has 2 aliphatic rings. The van der Waals surface area contributed by atoms with E-state index >= 15 is 0 Å². The van der Waals surface area contributed by atoms with Crippen molar-refractivity contribution in [1.29, 1.82) is 0 Å². The first kappa shape index (κ1) is 23.5. The molecule has 4 rings (SSSR count). The SMILES string of the molecule is O=C(Nc1ccc(F)cc1)N1CCN(C(=O)C2(S(=O)(=O)c3ccc(Cl)cc3)CCCC2)CC1. The standard InChI is InChI=1S/C23H25ClFN3O4S/c24-17-3-9-20(10-4-17)33(31,32)23(11-1-2-12-23)21(29)27-13-15-28(16-14-27)22(30)26-19-7-5-18(25)6-8-19/h3-10H,1-2,11-16H2,(H,26,30). The monoisotopic (exact) mass is 493 g/mol. The lowest BCUT2D eigenvalue weighted by Gasteiger charge is -2.39. The normalized spacial score (nSPS) is 18.2. The van der Waals surface area contributed by atoms with E-state index in [1.165, 1.54) is 48.5 Å². The predicted molar refractivity (Wildman–Crippen MR) is 123 cm³/mol. The van der Waals surface area contributed by atoms with Crippen LogP contribution in [0, 0.1) is 5.82 Å². The van der Waals surface area contributed by atoms with Crippen LogP contribution < -0.4 is 5.32 Å². The van der Waals surface area contributed by atoms with Gasteiger partial charge >= 0.3 is 6.03 Å². The van der Waals surface area contributed by atoms with E-state index in [9.17, 15) is 22.4 Å². The Balaban J connectivity index is 1.45. The molecule has 0 bridgehead atoms. The number of piperazine rings is 1. The molecule has 0 aromatic heterocycles. The minimum absolute atomic E-state index is 0.0967. The van der Waals surface area contributed by atoms with Crippen molar-refractivity contribution in [1.82, 2.24) is 9.80 Å². The Labute approximate surface area is 197 Å². The van der Waals surface area contributed by atoms with Gasteiger partial charge in [0.2, 0.25) is 5.91 Å². The third kappa shape index (κ3) is 4.56. The molecule has 176 valence electrons. The van der Waals surface area contributed by atoms with Gasteiger partial charge in [0.25, 0.3) is 0 Å². The number of sulfone groups is 1. The molecule has 33 heavy (non-hydrogen) atoms. The maximum Gasteiger partial charge on any atom is 0.321 e. The Morgan fingerprint density at radius 1 is 0.879 bits per heavy atom. The van der Waals surface area contributed by atoms with Gasteiger partial charge in [0.15, 0.2) is 14.6 Å². The summed E-state index contributed by atoms with van der Waals surface area (Å²) in [6.45, 7) is 1.03. The molecule has 1 heterocycles. The summed E-state index contributed by atoms with van der Waals surface area (Å²) in [5.74, 6) is -0.789. The molecular formula is C23H25ClFN3O4S. The number of nitrogens with zero attached hydrogens (tertiary/aromatic N) is 2. The van der Waals surface area contributed by atoms with Crippen LogP contribution in [-0.2, 0) is 14.6 Å². The zero-order valence-corrected chi connectivity index (χ0v) is 19.5. The Morgan fingerprint density at radius 3 is 2.00 bits per heavy atom. The fourth-order valence-corrected chi connectivity index (χ4v) is 6.78. The van der Waals surface area contributed by atoms with Gasteiger partial charge in [0.05, 0.1) is 4.90 Å². The summed E-state index contributed by atoms with van der Waals surface area (Å²) >= 11 is 5.91. The Kier molecular flexibility index (Phi) is 6.63. The first-order valence-electron chi connectivity index (χ1n) is 10.8. The number of rotatable bonds is 4. The summed E-state index contributed by atoms with van der Waals surface area (Å²) in [5.41, 5.74) is 0.471. The van der Waals surface area contributed by atoms with Gasteiger partial charge in [-0.15, -0.1) is 0 Å². The van der Waals surface area contributed by atoms with Crippen LogP contribution in [0.3, 0.4) is 0 Å². The highest BCUT2D eigenvalue weighted by Crippen LogP contribution is 2.42. The molecule has 1 saturated heterocycles. The number of amides is 3. The van der Waals surface area contributed by atoms with Gasteiger partial charge in [0.1, 0.15) is 5.82 Å². The molecule has 7 nitrogen and oxygen atoms in total. The van der Waals surface area contributed by atoms with E-state index in [0.29, 0.717) is 23.6 Å². The number of carbonyl (C=O) groups excluding carboxylic acids is 2. The van der Waals surface area contributed by atoms with E-state index in [4.69, 9.17) is 11.6 Å². The molecule has 1 aliphatic carbocycles. The summed E-state index contributed by atoms with van der Waals surface area (Å²) in [4.78, 5) is 29.3. The molecule has 2 fully saturated rings. The van der Waals surface area contributed by atoms with E-state index in [2.05, 4.69) is 5.32 Å². The average Bonchev–Trinajstić information content (AvgIpc) is 3.32. The maximum absolute atomic E-state index is 13.6.